The van der Waals surface area contributed by atoms with Gasteiger partial charge < -0.3 is 4.74 Å². The van der Waals surface area contributed by atoms with E-state index in [0.717, 1.165) is 25.9 Å². The Hall–Kier alpha value is -0.660. The molecule has 2 atom stereocenters. The Bertz CT molecular complexity index is 484. The van der Waals surface area contributed by atoms with Crippen LogP contribution in [0.2, 0.25) is 0 Å². The fourth-order valence-corrected chi connectivity index (χ4v) is 3.11. The molecule has 0 bridgehead atoms. The van der Waals surface area contributed by atoms with Crippen LogP contribution in [0.5, 0.6) is 0 Å². The number of sulfonamides is 1. The Balaban J connectivity index is 2.61. The van der Waals surface area contributed by atoms with Crippen LogP contribution in [0.4, 0.5) is 0 Å². The predicted octanol–water partition coefficient (Wildman–Crippen LogP) is 1.32. The third-order valence-corrected chi connectivity index (χ3v) is 5.21. The molecule has 0 saturated carbocycles. The van der Waals surface area contributed by atoms with Gasteiger partial charge in [0.05, 0.1) is 6.26 Å². The van der Waals surface area contributed by atoms with Crippen LogP contribution >= 0.6 is 0 Å². The van der Waals surface area contributed by atoms with Crippen LogP contribution in [0.1, 0.15) is 40.5 Å². The first-order valence-electron chi connectivity index (χ1n) is 7.78. The molecule has 0 aliphatic carbocycles. The summed E-state index contributed by atoms with van der Waals surface area (Å²) >= 11 is 0. The van der Waals surface area contributed by atoms with Crippen LogP contribution in [-0.2, 0) is 19.6 Å². The van der Waals surface area contributed by atoms with Crippen LogP contribution < -0.4 is 0 Å². The molecule has 7 heteroatoms. The number of carbonyl (C=O) groups excluding carboxylic acids is 1. The number of esters is 1. The van der Waals surface area contributed by atoms with Gasteiger partial charge in [-0.05, 0) is 53.0 Å². The molecule has 22 heavy (non-hydrogen) atoms. The summed E-state index contributed by atoms with van der Waals surface area (Å²) in [5, 5.41) is 0. The lowest BCUT2D eigenvalue weighted by Crippen LogP contribution is -2.49. The van der Waals surface area contributed by atoms with E-state index in [1.807, 2.05) is 27.7 Å². The monoisotopic (exact) mass is 334 g/mol. The summed E-state index contributed by atoms with van der Waals surface area (Å²) in [6, 6.07) is -0.300. The minimum absolute atomic E-state index is 0.218. The Morgan fingerprint density at radius 2 is 2.00 bits per heavy atom. The summed E-state index contributed by atoms with van der Waals surface area (Å²) in [6.07, 6.45) is 3.17. The Morgan fingerprint density at radius 1 is 1.41 bits per heavy atom. The largest absolute Gasteiger partial charge is 0.459 e. The minimum Gasteiger partial charge on any atom is -0.459 e. The van der Waals surface area contributed by atoms with Crippen molar-refractivity contribution in [3.8, 4) is 0 Å². The molecule has 0 aromatic heterocycles. The quantitative estimate of drug-likeness (QED) is 0.710. The zero-order valence-corrected chi connectivity index (χ0v) is 15.4. The molecule has 0 amide bonds. The topological polar surface area (TPSA) is 66.9 Å². The number of hydrogen-bond donors (Lipinski definition) is 0. The summed E-state index contributed by atoms with van der Waals surface area (Å²) in [5.41, 5.74) is -0.489. The third kappa shape index (κ3) is 6.22. The zero-order chi connectivity index (χ0) is 17.1. The van der Waals surface area contributed by atoms with Gasteiger partial charge in [0, 0.05) is 20.1 Å². The average molecular weight is 334 g/mol. The standard InChI is InChI=1S/C15H30N2O4S/c1-12(14(18)21-15(2,3)4)17-9-7-8-13(11-17)10-16(5)22(6,19)20/h12-13H,7-11H2,1-6H3/t12-,13-/m1/s1. The van der Waals surface area contributed by atoms with Gasteiger partial charge in [0.2, 0.25) is 10.0 Å². The second-order valence-electron chi connectivity index (χ2n) is 7.26. The van der Waals surface area contributed by atoms with Gasteiger partial charge in [0.25, 0.3) is 0 Å². The van der Waals surface area contributed by atoms with Gasteiger partial charge in [0.1, 0.15) is 11.6 Å². The summed E-state index contributed by atoms with van der Waals surface area (Å²) < 4.78 is 29.9. The maximum atomic E-state index is 12.2. The third-order valence-electron chi connectivity index (χ3n) is 3.93. The van der Waals surface area contributed by atoms with Crippen molar-refractivity contribution in [2.45, 2.75) is 52.2 Å². The first kappa shape index (κ1) is 19.4. The molecule has 1 saturated heterocycles. The highest BCUT2D eigenvalue weighted by Gasteiger charge is 2.31. The average Bonchev–Trinajstić information content (AvgIpc) is 2.35. The van der Waals surface area contributed by atoms with Gasteiger partial charge in [-0.15, -0.1) is 0 Å². The lowest BCUT2D eigenvalue weighted by molar-refractivity contribution is -0.161. The number of likely N-dealkylation sites (tertiary alicyclic amines) is 1. The van der Waals surface area contributed by atoms with Crippen LogP contribution in [0.25, 0.3) is 0 Å². The highest BCUT2D eigenvalue weighted by atomic mass is 32.2. The minimum atomic E-state index is -3.16. The number of nitrogens with zero attached hydrogens (tertiary/aromatic N) is 2. The molecule has 1 fully saturated rings. The van der Waals surface area contributed by atoms with Crippen molar-refractivity contribution in [1.29, 1.82) is 0 Å². The molecule has 6 nitrogen and oxygen atoms in total. The SMILES string of the molecule is C[C@H](C(=O)OC(C)(C)C)N1CCC[C@H](CN(C)S(C)(=O)=O)C1. The number of rotatable bonds is 5. The van der Waals surface area contributed by atoms with Gasteiger partial charge in [-0.3, -0.25) is 9.69 Å². The fraction of sp³-hybridized carbons (Fsp3) is 0.933. The van der Waals surface area contributed by atoms with E-state index in [4.69, 9.17) is 4.74 Å². The Kier molecular flexibility index (Phi) is 6.41. The van der Waals surface area contributed by atoms with Crippen molar-refractivity contribution >= 4 is 16.0 Å². The van der Waals surface area contributed by atoms with Gasteiger partial charge in [-0.1, -0.05) is 0 Å². The van der Waals surface area contributed by atoms with E-state index >= 15 is 0 Å². The highest BCUT2D eigenvalue weighted by Crippen LogP contribution is 2.21. The second kappa shape index (κ2) is 7.27. The lowest BCUT2D eigenvalue weighted by atomic mass is 9.97. The first-order valence-corrected chi connectivity index (χ1v) is 9.63. The van der Waals surface area contributed by atoms with Crippen molar-refractivity contribution < 1.29 is 17.9 Å². The Morgan fingerprint density at radius 3 is 2.50 bits per heavy atom. The van der Waals surface area contributed by atoms with E-state index in [9.17, 15) is 13.2 Å². The van der Waals surface area contributed by atoms with Crippen LogP contribution in [0.3, 0.4) is 0 Å². The van der Waals surface area contributed by atoms with Gasteiger partial charge in [-0.25, -0.2) is 12.7 Å². The predicted molar refractivity (Wildman–Crippen MR) is 87.1 cm³/mol. The normalized spacial score (nSPS) is 22.6. The fourth-order valence-electron chi connectivity index (χ4n) is 2.63. The molecule has 1 aliphatic heterocycles. The zero-order valence-electron chi connectivity index (χ0n) is 14.6. The van der Waals surface area contributed by atoms with E-state index in [1.165, 1.54) is 10.6 Å². The molecule has 0 N–H and O–H groups in total. The summed E-state index contributed by atoms with van der Waals surface area (Å²) in [4.78, 5) is 14.3. The number of carbonyl (C=O) groups is 1. The molecule has 0 spiro atoms. The molecule has 1 heterocycles. The number of hydrogen-bond acceptors (Lipinski definition) is 5. The molecule has 1 rings (SSSR count). The van der Waals surface area contributed by atoms with Crippen LogP contribution in [0.15, 0.2) is 0 Å². The van der Waals surface area contributed by atoms with Crippen molar-refractivity contribution in [1.82, 2.24) is 9.21 Å². The summed E-state index contributed by atoms with van der Waals surface area (Å²) in [7, 11) is -1.55. The maximum Gasteiger partial charge on any atom is 0.323 e. The van der Waals surface area contributed by atoms with E-state index in [0.29, 0.717) is 6.54 Å². The van der Waals surface area contributed by atoms with Gasteiger partial charge in [0.15, 0.2) is 0 Å². The number of piperidine rings is 1. The van der Waals surface area contributed by atoms with E-state index < -0.39 is 15.6 Å². The lowest BCUT2D eigenvalue weighted by Gasteiger charge is -2.37. The van der Waals surface area contributed by atoms with Gasteiger partial charge >= 0.3 is 5.97 Å². The highest BCUT2D eigenvalue weighted by molar-refractivity contribution is 7.88. The smallest absolute Gasteiger partial charge is 0.323 e. The summed E-state index contributed by atoms with van der Waals surface area (Å²) in [6.45, 7) is 9.50. The van der Waals surface area contributed by atoms with Crippen molar-refractivity contribution in [3.05, 3.63) is 0 Å². The van der Waals surface area contributed by atoms with Crippen molar-refractivity contribution in [2.24, 2.45) is 5.92 Å². The molecule has 0 aromatic rings. The molecule has 130 valence electrons. The molecular weight excluding hydrogens is 304 g/mol. The molecule has 1 aliphatic rings. The molecular formula is C15H30N2O4S. The van der Waals surface area contributed by atoms with Crippen molar-refractivity contribution in [2.75, 3.05) is 32.9 Å². The van der Waals surface area contributed by atoms with E-state index in [-0.39, 0.29) is 17.9 Å². The maximum absolute atomic E-state index is 12.2. The first-order chi connectivity index (χ1) is 9.90. The second-order valence-corrected chi connectivity index (χ2v) is 9.35. The molecule has 0 radical (unpaired) electrons. The van der Waals surface area contributed by atoms with Crippen LogP contribution in [0, 0.1) is 5.92 Å². The van der Waals surface area contributed by atoms with Gasteiger partial charge in [-0.2, -0.15) is 0 Å². The number of ether oxygens (including phenoxy) is 1. The van der Waals surface area contributed by atoms with Crippen LogP contribution in [-0.4, -0.2) is 68.2 Å². The molecule has 0 aromatic carbocycles. The van der Waals surface area contributed by atoms with E-state index in [1.54, 1.807) is 7.05 Å². The summed E-state index contributed by atoms with van der Waals surface area (Å²) in [5.74, 6) is 0.0305. The van der Waals surface area contributed by atoms with Crippen molar-refractivity contribution in [3.63, 3.8) is 0 Å². The Labute approximate surface area is 134 Å². The van der Waals surface area contributed by atoms with E-state index in [2.05, 4.69) is 4.90 Å². The molecule has 0 unspecified atom stereocenters.